The Morgan fingerprint density at radius 1 is 1.38 bits per heavy atom. The van der Waals surface area contributed by atoms with E-state index in [1.165, 1.54) is 12.8 Å². The van der Waals surface area contributed by atoms with Gasteiger partial charge in [-0.1, -0.05) is 0 Å². The topological polar surface area (TPSA) is 74.2 Å². The highest BCUT2D eigenvalue weighted by Gasteiger charge is 2.47. The van der Waals surface area contributed by atoms with Gasteiger partial charge in [0.15, 0.2) is 0 Å². The van der Waals surface area contributed by atoms with Crippen molar-refractivity contribution in [2.24, 2.45) is 17.8 Å². The minimum absolute atomic E-state index is 0.0563. The van der Waals surface area contributed by atoms with Gasteiger partial charge in [0, 0.05) is 31.0 Å². The molecule has 5 atom stereocenters. The van der Waals surface area contributed by atoms with Crippen LogP contribution in [0.5, 0.6) is 0 Å². The Morgan fingerprint density at radius 3 is 2.81 bits per heavy atom. The van der Waals surface area contributed by atoms with Crippen molar-refractivity contribution in [3.05, 3.63) is 30.1 Å². The van der Waals surface area contributed by atoms with Crippen molar-refractivity contribution in [3.8, 4) is 0 Å². The van der Waals surface area contributed by atoms with Gasteiger partial charge in [-0.25, -0.2) is 4.79 Å². The molecule has 0 aliphatic heterocycles. The number of rotatable bonds is 4. The number of amides is 2. The maximum absolute atomic E-state index is 12.2. The predicted molar refractivity (Wildman–Crippen MR) is 79.5 cm³/mol. The molecule has 0 saturated heterocycles. The summed E-state index contributed by atoms with van der Waals surface area (Å²) in [5.74, 6) is 1.35. The number of aliphatic hydroxyl groups excluding tert-OH is 1. The molecule has 5 nitrogen and oxygen atoms in total. The molecule has 3 N–H and O–H groups in total. The van der Waals surface area contributed by atoms with Crippen LogP contribution in [0.2, 0.25) is 0 Å². The number of fused-ring (bicyclic) bond motifs is 2. The lowest BCUT2D eigenvalue weighted by molar-refractivity contribution is 0.144. The lowest BCUT2D eigenvalue weighted by Gasteiger charge is -2.31. The first-order valence-electron chi connectivity index (χ1n) is 7.77. The first kappa shape index (κ1) is 14.3. The second kappa shape index (κ2) is 6.02. The van der Waals surface area contributed by atoms with Gasteiger partial charge in [-0.15, -0.1) is 0 Å². The van der Waals surface area contributed by atoms with E-state index in [4.69, 9.17) is 0 Å². The van der Waals surface area contributed by atoms with Gasteiger partial charge in [0.05, 0.1) is 6.04 Å². The summed E-state index contributed by atoms with van der Waals surface area (Å²) in [4.78, 5) is 16.2. The second-order valence-electron chi connectivity index (χ2n) is 6.33. The standard InChI is InChI=1S/C16H23N3O2/c1-10(11-4-6-17-7-5-11)18-16(21)19-15-13-3-2-12(8-13)14(15)9-20/h4-7,10,12-15,20H,2-3,8-9H2,1H3,(H2,18,19,21). The molecule has 1 aromatic heterocycles. The maximum Gasteiger partial charge on any atom is 0.315 e. The summed E-state index contributed by atoms with van der Waals surface area (Å²) in [5, 5.41) is 15.6. The fourth-order valence-electron chi connectivity index (χ4n) is 4.02. The lowest BCUT2D eigenvalue weighted by atomic mass is 9.85. The number of hydrogen-bond acceptors (Lipinski definition) is 3. The van der Waals surface area contributed by atoms with Gasteiger partial charge in [0.2, 0.25) is 0 Å². The van der Waals surface area contributed by atoms with Crippen LogP contribution in [-0.2, 0) is 0 Å². The molecule has 0 spiro atoms. The van der Waals surface area contributed by atoms with Gasteiger partial charge < -0.3 is 15.7 Å². The molecule has 3 rings (SSSR count). The van der Waals surface area contributed by atoms with E-state index in [9.17, 15) is 9.90 Å². The van der Waals surface area contributed by atoms with Gasteiger partial charge >= 0.3 is 6.03 Å². The number of pyridine rings is 1. The number of nitrogens with one attached hydrogen (secondary N) is 2. The molecule has 0 radical (unpaired) electrons. The Balaban J connectivity index is 1.57. The third kappa shape index (κ3) is 2.88. The molecule has 0 aromatic carbocycles. The Labute approximate surface area is 125 Å². The van der Waals surface area contributed by atoms with Crippen molar-refractivity contribution in [1.82, 2.24) is 15.6 Å². The molecule has 2 saturated carbocycles. The van der Waals surface area contributed by atoms with Crippen LogP contribution in [-0.4, -0.2) is 28.8 Å². The fourth-order valence-corrected chi connectivity index (χ4v) is 4.02. The highest BCUT2D eigenvalue weighted by Crippen LogP contribution is 2.48. The fraction of sp³-hybridized carbons (Fsp3) is 0.625. The van der Waals surface area contributed by atoms with E-state index in [2.05, 4.69) is 15.6 Å². The van der Waals surface area contributed by atoms with Crippen molar-refractivity contribution in [3.63, 3.8) is 0 Å². The highest BCUT2D eigenvalue weighted by atomic mass is 16.3. The Kier molecular flexibility index (Phi) is 4.10. The van der Waals surface area contributed by atoms with Crippen LogP contribution in [0.4, 0.5) is 4.79 Å². The summed E-state index contributed by atoms with van der Waals surface area (Å²) in [6, 6.07) is 3.73. The summed E-state index contributed by atoms with van der Waals surface area (Å²) in [7, 11) is 0. The maximum atomic E-state index is 12.2. The van der Waals surface area contributed by atoms with Gasteiger partial charge in [0.1, 0.15) is 0 Å². The Morgan fingerprint density at radius 2 is 2.10 bits per heavy atom. The van der Waals surface area contributed by atoms with E-state index in [1.807, 2.05) is 19.1 Å². The first-order valence-corrected chi connectivity index (χ1v) is 7.77. The number of nitrogens with zero attached hydrogens (tertiary/aromatic N) is 1. The highest BCUT2D eigenvalue weighted by molar-refractivity contribution is 5.75. The van der Waals surface area contributed by atoms with Crippen molar-refractivity contribution in [1.29, 1.82) is 0 Å². The summed E-state index contributed by atoms with van der Waals surface area (Å²) < 4.78 is 0. The van der Waals surface area contributed by atoms with Gasteiger partial charge in [0.25, 0.3) is 0 Å². The summed E-state index contributed by atoms with van der Waals surface area (Å²) in [6.07, 6.45) is 6.97. The average molecular weight is 289 g/mol. The monoisotopic (exact) mass is 289 g/mol. The number of aliphatic hydroxyl groups is 1. The average Bonchev–Trinajstić information content (AvgIpc) is 3.09. The van der Waals surface area contributed by atoms with Crippen LogP contribution < -0.4 is 10.6 Å². The quantitative estimate of drug-likeness (QED) is 0.792. The Hall–Kier alpha value is -1.62. The molecular weight excluding hydrogens is 266 g/mol. The van der Waals surface area contributed by atoms with Gasteiger partial charge in [-0.3, -0.25) is 4.98 Å². The van der Waals surface area contributed by atoms with Crippen LogP contribution in [0.3, 0.4) is 0 Å². The van der Waals surface area contributed by atoms with Gasteiger partial charge in [-0.05, 0) is 55.7 Å². The first-order chi connectivity index (χ1) is 10.2. The molecule has 1 aromatic rings. The molecule has 21 heavy (non-hydrogen) atoms. The zero-order valence-electron chi connectivity index (χ0n) is 12.3. The number of urea groups is 1. The van der Waals surface area contributed by atoms with Crippen molar-refractivity contribution < 1.29 is 9.90 Å². The molecule has 1 heterocycles. The Bertz CT molecular complexity index is 494. The van der Waals surface area contributed by atoms with Gasteiger partial charge in [-0.2, -0.15) is 0 Å². The predicted octanol–water partition coefficient (Wildman–Crippen LogP) is 1.85. The smallest absolute Gasteiger partial charge is 0.315 e. The molecule has 2 fully saturated rings. The zero-order valence-corrected chi connectivity index (χ0v) is 12.3. The summed E-state index contributed by atoms with van der Waals surface area (Å²) in [6.45, 7) is 2.13. The molecule has 5 heteroatoms. The van der Waals surface area contributed by atoms with Crippen molar-refractivity contribution >= 4 is 6.03 Å². The molecule has 2 aliphatic rings. The number of aromatic nitrogens is 1. The third-order valence-corrected chi connectivity index (χ3v) is 5.15. The summed E-state index contributed by atoms with van der Waals surface area (Å²) >= 11 is 0. The van der Waals surface area contributed by atoms with Crippen LogP contribution in [0.1, 0.15) is 37.8 Å². The molecule has 2 amide bonds. The van der Waals surface area contributed by atoms with E-state index < -0.39 is 0 Å². The van der Waals surface area contributed by atoms with Crippen LogP contribution in [0, 0.1) is 17.8 Å². The summed E-state index contributed by atoms with van der Waals surface area (Å²) in [5.41, 5.74) is 1.03. The van der Waals surface area contributed by atoms with Crippen LogP contribution in [0.25, 0.3) is 0 Å². The van der Waals surface area contributed by atoms with E-state index in [-0.39, 0.29) is 30.6 Å². The minimum atomic E-state index is -0.143. The zero-order chi connectivity index (χ0) is 14.8. The van der Waals surface area contributed by atoms with E-state index in [0.29, 0.717) is 11.8 Å². The largest absolute Gasteiger partial charge is 0.396 e. The molecule has 114 valence electrons. The van der Waals surface area contributed by atoms with E-state index >= 15 is 0 Å². The molecular formula is C16H23N3O2. The molecule has 2 aliphatic carbocycles. The second-order valence-corrected chi connectivity index (χ2v) is 6.33. The molecule has 2 bridgehead atoms. The van der Waals surface area contributed by atoms with Crippen molar-refractivity contribution in [2.45, 2.75) is 38.3 Å². The van der Waals surface area contributed by atoms with E-state index in [0.717, 1.165) is 12.0 Å². The SMILES string of the molecule is CC(NC(=O)NC1C2CCC(C2)C1CO)c1ccncc1. The normalized spacial score (nSPS) is 31.9. The lowest BCUT2D eigenvalue weighted by Crippen LogP contribution is -2.49. The number of carbonyl (C=O) groups excluding carboxylic acids is 1. The minimum Gasteiger partial charge on any atom is -0.396 e. The van der Waals surface area contributed by atoms with E-state index in [1.54, 1.807) is 12.4 Å². The number of hydrogen-bond donors (Lipinski definition) is 3. The van der Waals surface area contributed by atoms with Crippen LogP contribution in [0.15, 0.2) is 24.5 Å². The van der Waals surface area contributed by atoms with Crippen molar-refractivity contribution in [2.75, 3.05) is 6.61 Å². The molecule has 5 unspecified atom stereocenters. The third-order valence-electron chi connectivity index (χ3n) is 5.15. The van der Waals surface area contributed by atoms with Crippen LogP contribution >= 0.6 is 0 Å². The number of carbonyl (C=O) groups is 1.